The first-order valence-electron chi connectivity index (χ1n) is 7.93. The van der Waals surface area contributed by atoms with Gasteiger partial charge < -0.3 is 9.88 Å². The number of H-pyrrole nitrogens is 1. The summed E-state index contributed by atoms with van der Waals surface area (Å²) in [5.41, 5.74) is 3.82. The SMILES string of the molecule is CN(C)c1ccc(/C=N/n2cnc3c([nH]c4ccccc43)c2=O)cc1. The lowest BCUT2D eigenvalue weighted by Gasteiger charge is -2.11. The monoisotopic (exact) mass is 331 g/mol. The highest BCUT2D eigenvalue weighted by Crippen LogP contribution is 2.20. The Morgan fingerprint density at radius 3 is 2.64 bits per heavy atom. The molecule has 0 unspecified atom stereocenters. The van der Waals surface area contributed by atoms with E-state index in [2.05, 4.69) is 15.1 Å². The molecule has 4 aromatic rings. The second-order valence-electron chi connectivity index (χ2n) is 6.02. The molecule has 2 aromatic heterocycles. The molecule has 6 nitrogen and oxygen atoms in total. The van der Waals surface area contributed by atoms with Crippen molar-refractivity contribution in [2.45, 2.75) is 0 Å². The van der Waals surface area contributed by atoms with E-state index in [9.17, 15) is 4.79 Å². The van der Waals surface area contributed by atoms with Gasteiger partial charge in [0.05, 0.1) is 6.21 Å². The van der Waals surface area contributed by atoms with Crippen LogP contribution in [-0.4, -0.2) is 35.0 Å². The predicted molar refractivity (Wildman–Crippen MR) is 102 cm³/mol. The first-order chi connectivity index (χ1) is 12.1. The summed E-state index contributed by atoms with van der Waals surface area (Å²) < 4.78 is 1.25. The van der Waals surface area contributed by atoms with Crippen molar-refractivity contribution >= 4 is 33.8 Å². The van der Waals surface area contributed by atoms with Gasteiger partial charge in [0.2, 0.25) is 0 Å². The Morgan fingerprint density at radius 2 is 1.88 bits per heavy atom. The quantitative estimate of drug-likeness (QED) is 0.587. The van der Waals surface area contributed by atoms with E-state index in [0.717, 1.165) is 22.2 Å². The van der Waals surface area contributed by atoms with Crippen LogP contribution in [-0.2, 0) is 0 Å². The third kappa shape index (κ3) is 2.67. The Morgan fingerprint density at radius 1 is 1.12 bits per heavy atom. The number of hydrogen-bond donors (Lipinski definition) is 1. The third-order valence-corrected chi connectivity index (χ3v) is 4.14. The highest BCUT2D eigenvalue weighted by molar-refractivity contribution is 6.04. The topological polar surface area (TPSA) is 66.3 Å². The molecule has 0 aliphatic rings. The molecular formula is C19H17N5O. The summed E-state index contributed by atoms with van der Waals surface area (Å²) in [6.07, 6.45) is 3.10. The van der Waals surface area contributed by atoms with Gasteiger partial charge in [0.1, 0.15) is 17.4 Å². The van der Waals surface area contributed by atoms with Crippen molar-refractivity contribution in [3.8, 4) is 0 Å². The molecule has 0 amide bonds. The minimum absolute atomic E-state index is 0.220. The molecule has 124 valence electrons. The molecule has 0 aliphatic heterocycles. The van der Waals surface area contributed by atoms with Crippen molar-refractivity contribution in [1.29, 1.82) is 0 Å². The second kappa shape index (κ2) is 5.90. The van der Waals surface area contributed by atoms with E-state index < -0.39 is 0 Å². The average molecular weight is 331 g/mol. The third-order valence-electron chi connectivity index (χ3n) is 4.14. The van der Waals surface area contributed by atoms with Crippen molar-refractivity contribution in [2.75, 3.05) is 19.0 Å². The lowest BCUT2D eigenvalue weighted by molar-refractivity contribution is 0.815. The molecule has 6 heteroatoms. The van der Waals surface area contributed by atoms with Crippen LogP contribution in [0.1, 0.15) is 5.56 Å². The van der Waals surface area contributed by atoms with Crippen LogP contribution in [0.2, 0.25) is 0 Å². The number of nitrogens with one attached hydrogen (secondary N) is 1. The number of rotatable bonds is 3. The molecule has 0 saturated carbocycles. The number of fused-ring (bicyclic) bond motifs is 3. The molecule has 0 atom stereocenters. The molecule has 0 bridgehead atoms. The normalized spacial score (nSPS) is 11.6. The van der Waals surface area contributed by atoms with Crippen LogP contribution < -0.4 is 10.5 Å². The van der Waals surface area contributed by atoms with Gasteiger partial charge in [-0.3, -0.25) is 4.79 Å². The summed E-state index contributed by atoms with van der Waals surface area (Å²) >= 11 is 0. The summed E-state index contributed by atoms with van der Waals surface area (Å²) in [4.78, 5) is 22.2. The Bertz CT molecular complexity index is 1140. The number of aromatic amines is 1. The van der Waals surface area contributed by atoms with E-state index in [1.165, 1.54) is 11.0 Å². The molecule has 2 heterocycles. The largest absolute Gasteiger partial charge is 0.378 e. The molecule has 0 spiro atoms. The molecule has 25 heavy (non-hydrogen) atoms. The highest BCUT2D eigenvalue weighted by Gasteiger charge is 2.09. The van der Waals surface area contributed by atoms with E-state index in [1.807, 2.05) is 67.5 Å². The zero-order chi connectivity index (χ0) is 17.4. The maximum absolute atomic E-state index is 12.6. The fourth-order valence-electron chi connectivity index (χ4n) is 2.77. The summed E-state index contributed by atoms with van der Waals surface area (Å²) in [5.74, 6) is 0. The molecule has 0 saturated heterocycles. The van der Waals surface area contributed by atoms with Gasteiger partial charge in [-0.05, 0) is 23.8 Å². The van der Waals surface area contributed by atoms with Crippen molar-refractivity contribution in [2.24, 2.45) is 5.10 Å². The van der Waals surface area contributed by atoms with E-state index in [0.29, 0.717) is 11.0 Å². The minimum Gasteiger partial charge on any atom is -0.378 e. The van der Waals surface area contributed by atoms with Crippen LogP contribution in [0.3, 0.4) is 0 Å². The van der Waals surface area contributed by atoms with Crippen LogP contribution in [0.5, 0.6) is 0 Å². The van der Waals surface area contributed by atoms with Gasteiger partial charge in [0, 0.05) is 30.7 Å². The number of para-hydroxylation sites is 1. The fourth-order valence-corrected chi connectivity index (χ4v) is 2.77. The van der Waals surface area contributed by atoms with Crippen molar-refractivity contribution in [1.82, 2.24) is 14.6 Å². The first-order valence-corrected chi connectivity index (χ1v) is 7.93. The van der Waals surface area contributed by atoms with Crippen LogP contribution in [0.4, 0.5) is 5.69 Å². The Balaban J connectivity index is 1.73. The number of aromatic nitrogens is 3. The minimum atomic E-state index is -0.220. The number of nitrogens with zero attached hydrogens (tertiary/aromatic N) is 4. The van der Waals surface area contributed by atoms with Gasteiger partial charge in [-0.1, -0.05) is 30.3 Å². The standard InChI is InChI=1S/C19H17N5O/c1-23(2)14-9-7-13(8-10-14)11-21-24-12-20-17-15-5-3-4-6-16(15)22-18(17)19(24)25/h3-12,22H,1-2H3/b21-11+. The van der Waals surface area contributed by atoms with Gasteiger partial charge in [-0.2, -0.15) is 9.78 Å². The predicted octanol–water partition coefficient (Wildman–Crippen LogP) is 2.83. The van der Waals surface area contributed by atoms with Crippen LogP contribution in [0, 0.1) is 0 Å². The Kier molecular flexibility index (Phi) is 3.57. The van der Waals surface area contributed by atoms with Crippen LogP contribution in [0.25, 0.3) is 21.9 Å². The van der Waals surface area contributed by atoms with Crippen molar-refractivity contribution < 1.29 is 0 Å². The zero-order valence-electron chi connectivity index (χ0n) is 14.0. The van der Waals surface area contributed by atoms with Crippen LogP contribution in [0.15, 0.2) is 64.8 Å². The van der Waals surface area contributed by atoms with E-state index in [4.69, 9.17) is 0 Å². The summed E-state index contributed by atoms with van der Waals surface area (Å²) in [6, 6.07) is 15.6. The molecule has 2 aromatic carbocycles. The lowest BCUT2D eigenvalue weighted by atomic mass is 10.2. The molecule has 1 N–H and O–H groups in total. The zero-order valence-corrected chi connectivity index (χ0v) is 14.0. The maximum atomic E-state index is 12.6. The van der Waals surface area contributed by atoms with Gasteiger partial charge in [-0.25, -0.2) is 4.98 Å². The number of anilines is 1. The maximum Gasteiger partial charge on any atom is 0.298 e. The molecular weight excluding hydrogens is 314 g/mol. The number of benzene rings is 2. The summed E-state index contributed by atoms with van der Waals surface area (Å²) in [6.45, 7) is 0. The molecule has 4 rings (SSSR count). The van der Waals surface area contributed by atoms with Gasteiger partial charge in [-0.15, -0.1) is 0 Å². The fraction of sp³-hybridized carbons (Fsp3) is 0.105. The van der Waals surface area contributed by atoms with E-state index in [-0.39, 0.29) is 5.56 Å². The summed E-state index contributed by atoms with van der Waals surface area (Å²) in [5, 5.41) is 5.19. The lowest BCUT2D eigenvalue weighted by Crippen LogP contribution is -2.17. The van der Waals surface area contributed by atoms with Crippen molar-refractivity contribution in [3.05, 3.63) is 70.8 Å². The summed E-state index contributed by atoms with van der Waals surface area (Å²) in [7, 11) is 3.98. The first kappa shape index (κ1) is 15.1. The highest BCUT2D eigenvalue weighted by atomic mass is 16.1. The van der Waals surface area contributed by atoms with Gasteiger partial charge in [0.15, 0.2) is 0 Å². The van der Waals surface area contributed by atoms with Gasteiger partial charge >= 0.3 is 0 Å². The Hall–Kier alpha value is -3.41. The van der Waals surface area contributed by atoms with E-state index >= 15 is 0 Å². The van der Waals surface area contributed by atoms with Crippen molar-refractivity contribution in [3.63, 3.8) is 0 Å². The molecule has 0 aliphatic carbocycles. The van der Waals surface area contributed by atoms with E-state index in [1.54, 1.807) is 6.21 Å². The second-order valence-corrected chi connectivity index (χ2v) is 6.02. The average Bonchev–Trinajstić information content (AvgIpc) is 3.01. The molecule has 0 fully saturated rings. The number of hydrogen-bond acceptors (Lipinski definition) is 4. The molecule has 0 radical (unpaired) electrons. The van der Waals surface area contributed by atoms with Gasteiger partial charge in [0.25, 0.3) is 5.56 Å². The Labute approximate surface area is 144 Å². The van der Waals surface area contributed by atoms with Crippen LogP contribution >= 0.6 is 0 Å². The smallest absolute Gasteiger partial charge is 0.298 e.